The minimum atomic E-state index is 0.126. The Morgan fingerprint density at radius 2 is 1.95 bits per heavy atom. The zero-order valence-electron chi connectivity index (χ0n) is 11.1. The summed E-state index contributed by atoms with van der Waals surface area (Å²) < 4.78 is 0. The molecular weight excluding hydrogens is 236 g/mol. The molecule has 19 heavy (non-hydrogen) atoms. The van der Waals surface area contributed by atoms with Gasteiger partial charge in [-0.15, -0.1) is 5.06 Å². The molecule has 0 N–H and O–H groups in total. The number of aromatic nitrogens is 1. The number of pyridine rings is 1. The predicted molar refractivity (Wildman–Crippen MR) is 75.9 cm³/mol. The van der Waals surface area contributed by atoms with Gasteiger partial charge >= 0.3 is 0 Å². The quantitative estimate of drug-likeness (QED) is 0.580. The van der Waals surface area contributed by atoms with Crippen molar-refractivity contribution in [2.24, 2.45) is 0 Å². The van der Waals surface area contributed by atoms with Gasteiger partial charge in [0.2, 0.25) is 0 Å². The van der Waals surface area contributed by atoms with Gasteiger partial charge in [0.25, 0.3) is 0 Å². The summed E-state index contributed by atoms with van der Waals surface area (Å²) in [5.41, 5.74) is 2.16. The molecule has 1 heterocycles. The molecule has 98 valence electrons. The smallest absolute Gasteiger partial charge is 0.104 e. The first-order valence-corrected chi connectivity index (χ1v) is 6.30. The molecule has 0 saturated heterocycles. The van der Waals surface area contributed by atoms with Crippen molar-refractivity contribution >= 4 is 0 Å². The second-order valence-corrected chi connectivity index (χ2v) is 4.26. The van der Waals surface area contributed by atoms with Crippen LogP contribution in [0.3, 0.4) is 0 Å². The number of hydrogen-bond donors (Lipinski definition) is 0. The Bertz CT molecular complexity index is 499. The van der Waals surface area contributed by atoms with E-state index in [0.717, 1.165) is 5.69 Å². The SMILES string of the molecule is C=CON(Cc1ccccn1)C(C)c1ccccc1. The zero-order valence-corrected chi connectivity index (χ0v) is 11.1. The molecule has 0 bridgehead atoms. The van der Waals surface area contributed by atoms with Gasteiger partial charge in [0.1, 0.15) is 6.26 Å². The average molecular weight is 254 g/mol. The van der Waals surface area contributed by atoms with Crippen LogP contribution in [0.4, 0.5) is 0 Å². The van der Waals surface area contributed by atoms with Crippen LogP contribution in [0.15, 0.2) is 67.6 Å². The lowest BCUT2D eigenvalue weighted by Crippen LogP contribution is -2.25. The summed E-state index contributed by atoms with van der Waals surface area (Å²) in [6, 6.07) is 16.2. The Hall–Kier alpha value is -2.13. The highest BCUT2D eigenvalue weighted by molar-refractivity contribution is 5.18. The van der Waals surface area contributed by atoms with Crippen molar-refractivity contribution in [1.29, 1.82) is 0 Å². The summed E-state index contributed by atoms with van der Waals surface area (Å²) in [6.07, 6.45) is 3.23. The second-order valence-electron chi connectivity index (χ2n) is 4.26. The van der Waals surface area contributed by atoms with E-state index in [9.17, 15) is 0 Å². The molecule has 2 rings (SSSR count). The topological polar surface area (TPSA) is 25.4 Å². The first-order chi connectivity index (χ1) is 9.31. The number of hydrogen-bond acceptors (Lipinski definition) is 3. The van der Waals surface area contributed by atoms with Crippen LogP contribution in [0.1, 0.15) is 24.2 Å². The van der Waals surface area contributed by atoms with Crippen molar-refractivity contribution in [3.63, 3.8) is 0 Å². The Kier molecular flexibility index (Phi) is 4.70. The van der Waals surface area contributed by atoms with Gasteiger partial charge in [-0.1, -0.05) is 43.0 Å². The maximum atomic E-state index is 5.52. The molecule has 1 aromatic heterocycles. The number of nitrogens with zero attached hydrogens (tertiary/aromatic N) is 2. The summed E-state index contributed by atoms with van der Waals surface area (Å²) >= 11 is 0. The fourth-order valence-corrected chi connectivity index (χ4v) is 1.91. The lowest BCUT2D eigenvalue weighted by molar-refractivity contribution is -0.142. The van der Waals surface area contributed by atoms with Crippen LogP contribution in [0, 0.1) is 0 Å². The molecule has 0 aliphatic rings. The molecule has 0 fully saturated rings. The monoisotopic (exact) mass is 254 g/mol. The number of rotatable bonds is 6. The van der Waals surface area contributed by atoms with Crippen molar-refractivity contribution in [2.75, 3.05) is 0 Å². The minimum absolute atomic E-state index is 0.126. The van der Waals surface area contributed by atoms with Crippen LogP contribution in [0.25, 0.3) is 0 Å². The lowest BCUT2D eigenvalue weighted by Gasteiger charge is -2.26. The Morgan fingerprint density at radius 1 is 1.21 bits per heavy atom. The Balaban J connectivity index is 2.13. The lowest BCUT2D eigenvalue weighted by atomic mass is 10.1. The highest BCUT2D eigenvalue weighted by atomic mass is 16.7. The minimum Gasteiger partial charge on any atom is -0.413 e. The molecule has 3 nitrogen and oxygen atoms in total. The van der Waals surface area contributed by atoms with Gasteiger partial charge in [-0.2, -0.15) is 0 Å². The number of hydroxylamine groups is 2. The Morgan fingerprint density at radius 3 is 2.58 bits per heavy atom. The fraction of sp³-hybridized carbons (Fsp3) is 0.188. The van der Waals surface area contributed by atoms with E-state index in [1.165, 1.54) is 11.8 Å². The normalized spacial score (nSPS) is 12.1. The highest BCUT2D eigenvalue weighted by Gasteiger charge is 2.17. The molecule has 1 atom stereocenters. The van der Waals surface area contributed by atoms with Crippen molar-refractivity contribution in [2.45, 2.75) is 19.5 Å². The van der Waals surface area contributed by atoms with Gasteiger partial charge in [0.15, 0.2) is 0 Å². The second kappa shape index (κ2) is 6.71. The third kappa shape index (κ3) is 3.66. The molecule has 0 radical (unpaired) electrons. The van der Waals surface area contributed by atoms with E-state index < -0.39 is 0 Å². The molecule has 0 aliphatic carbocycles. The molecule has 2 aromatic rings. The van der Waals surface area contributed by atoms with Crippen LogP contribution < -0.4 is 0 Å². The van der Waals surface area contributed by atoms with E-state index in [1.54, 1.807) is 6.20 Å². The van der Waals surface area contributed by atoms with Gasteiger partial charge < -0.3 is 4.84 Å². The zero-order chi connectivity index (χ0) is 13.5. The van der Waals surface area contributed by atoms with Crippen LogP contribution >= 0.6 is 0 Å². The molecule has 0 aliphatic heterocycles. The van der Waals surface area contributed by atoms with E-state index >= 15 is 0 Å². The summed E-state index contributed by atoms with van der Waals surface area (Å²) in [7, 11) is 0. The highest BCUT2D eigenvalue weighted by Crippen LogP contribution is 2.22. The molecule has 0 spiro atoms. The third-order valence-electron chi connectivity index (χ3n) is 2.97. The third-order valence-corrected chi connectivity index (χ3v) is 2.97. The molecule has 0 saturated carbocycles. The molecule has 3 heteroatoms. The average Bonchev–Trinajstić information content (AvgIpc) is 2.48. The first kappa shape index (κ1) is 13.3. The molecule has 1 aromatic carbocycles. The van der Waals surface area contributed by atoms with Gasteiger partial charge in [0, 0.05) is 6.20 Å². The van der Waals surface area contributed by atoms with Crippen molar-refractivity contribution in [3.8, 4) is 0 Å². The fourth-order valence-electron chi connectivity index (χ4n) is 1.91. The predicted octanol–water partition coefficient (Wildman–Crippen LogP) is 3.72. The summed E-state index contributed by atoms with van der Waals surface area (Å²) in [4.78, 5) is 9.84. The molecule has 1 unspecified atom stereocenters. The summed E-state index contributed by atoms with van der Waals surface area (Å²) in [6.45, 7) is 6.35. The van der Waals surface area contributed by atoms with Crippen LogP contribution in [-0.2, 0) is 11.4 Å². The molecule has 0 amide bonds. The molecular formula is C16H18N2O. The van der Waals surface area contributed by atoms with E-state index in [2.05, 4.69) is 30.6 Å². The first-order valence-electron chi connectivity index (χ1n) is 6.30. The maximum Gasteiger partial charge on any atom is 0.104 e. The van der Waals surface area contributed by atoms with Crippen molar-refractivity contribution in [3.05, 3.63) is 78.8 Å². The van der Waals surface area contributed by atoms with Crippen molar-refractivity contribution in [1.82, 2.24) is 10.0 Å². The number of benzene rings is 1. The van der Waals surface area contributed by atoms with E-state index in [-0.39, 0.29) is 6.04 Å². The van der Waals surface area contributed by atoms with Crippen LogP contribution in [0.5, 0.6) is 0 Å². The van der Waals surface area contributed by atoms with Gasteiger partial charge in [-0.3, -0.25) is 4.98 Å². The van der Waals surface area contributed by atoms with Crippen LogP contribution in [0.2, 0.25) is 0 Å². The van der Waals surface area contributed by atoms with E-state index in [1.807, 2.05) is 41.5 Å². The summed E-state index contributed by atoms with van der Waals surface area (Å²) in [5, 5.41) is 1.87. The Labute approximate surface area is 114 Å². The maximum absolute atomic E-state index is 5.52. The van der Waals surface area contributed by atoms with E-state index in [0.29, 0.717) is 6.54 Å². The van der Waals surface area contributed by atoms with Crippen LogP contribution in [-0.4, -0.2) is 10.0 Å². The van der Waals surface area contributed by atoms with E-state index in [4.69, 9.17) is 4.84 Å². The summed E-state index contributed by atoms with van der Waals surface area (Å²) in [5.74, 6) is 0. The van der Waals surface area contributed by atoms with Gasteiger partial charge in [-0.05, 0) is 24.6 Å². The van der Waals surface area contributed by atoms with Gasteiger partial charge in [0.05, 0.1) is 18.3 Å². The van der Waals surface area contributed by atoms with Gasteiger partial charge in [-0.25, -0.2) is 0 Å². The largest absolute Gasteiger partial charge is 0.413 e. The standard InChI is InChI=1S/C16H18N2O/c1-3-19-18(13-16-11-7-8-12-17-16)14(2)15-9-5-4-6-10-15/h3-12,14H,1,13H2,2H3. The van der Waals surface area contributed by atoms with Crippen molar-refractivity contribution < 1.29 is 4.84 Å².